The van der Waals surface area contributed by atoms with Gasteiger partial charge in [0.05, 0.1) is 16.8 Å². The molecule has 0 saturated heterocycles. The monoisotopic (exact) mass is 366 g/mol. The lowest BCUT2D eigenvalue weighted by atomic mass is 10.0. The number of hydrogen-bond acceptors (Lipinski definition) is 4. The number of aliphatic hydroxyl groups excluding tert-OH is 1. The Labute approximate surface area is 144 Å². The Kier molecular flexibility index (Phi) is 4.15. The van der Waals surface area contributed by atoms with Crippen molar-refractivity contribution in [3.63, 3.8) is 0 Å². The maximum atomic E-state index is 13.0. The molecule has 1 saturated carbocycles. The summed E-state index contributed by atoms with van der Waals surface area (Å²) in [4.78, 5) is 11.8. The molecule has 3 atom stereocenters. The zero-order valence-electron chi connectivity index (χ0n) is 12.5. The van der Waals surface area contributed by atoms with Gasteiger partial charge in [-0.25, -0.2) is 8.42 Å². The van der Waals surface area contributed by atoms with E-state index >= 15 is 0 Å². The third-order valence-electron chi connectivity index (χ3n) is 4.55. The number of benzene rings is 2. The van der Waals surface area contributed by atoms with E-state index in [0.29, 0.717) is 10.6 Å². The van der Waals surface area contributed by atoms with Crippen molar-refractivity contribution in [1.29, 1.82) is 0 Å². The minimum Gasteiger partial charge on any atom is -0.481 e. The summed E-state index contributed by atoms with van der Waals surface area (Å²) in [5, 5.41) is 18.5. The summed E-state index contributed by atoms with van der Waals surface area (Å²) in [6, 6.07) is 14.1. The molecule has 0 radical (unpaired) electrons. The molecule has 7 heteroatoms. The highest BCUT2D eigenvalue weighted by molar-refractivity contribution is 7.92. The zero-order chi connectivity index (χ0) is 17.5. The van der Waals surface area contributed by atoms with Crippen molar-refractivity contribution in [2.24, 2.45) is 5.41 Å². The molecule has 24 heavy (non-hydrogen) atoms. The van der Waals surface area contributed by atoms with Gasteiger partial charge in [-0.1, -0.05) is 41.9 Å². The van der Waals surface area contributed by atoms with Gasteiger partial charge in [0, 0.05) is 10.9 Å². The number of hydrogen-bond donors (Lipinski definition) is 2. The van der Waals surface area contributed by atoms with Gasteiger partial charge < -0.3 is 10.2 Å². The molecule has 3 rings (SSSR count). The Hall–Kier alpha value is -1.89. The minimum atomic E-state index is -3.94. The largest absolute Gasteiger partial charge is 0.481 e. The second-order valence-corrected chi connectivity index (χ2v) is 8.32. The fourth-order valence-electron chi connectivity index (χ4n) is 3.27. The number of sulfone groups is 1. The van der Waals surface area contributed by atoms with Crippen molar-refractivity contribution in [1.82, 2.24) is 0 Å². The van der Waals surface area contributed by atoms with Crippen LogP contribution in [-0.4, -0.2) is 36.5 Å². The van der Waals surface area contributed by atoms with Gasteiger partial charge in [-0.3, -0.25) is 4.79 Å². The molecule has 1 aliphatic carbocycles. The van der Waals surface area contributed by atoms with Crippen molar-refractivity contribution in [2.45, 2.75) is 16.1 Å². The maximum absolute atomic E-state index is 13.0. The Morgan fingerprint density at radius 3 is 2.17 bits per heavy atom. The molecule has 0 heterocycles. The van der Waals surface area contributed by atoms with Gasteiger partial charge in [0.25, 0.3) is 0 Å². The van der Waals surface area contributed by atoms with E-state index in [0.717, 1.165) is 0 Å². The van der Waals surface area contributed by atoms with E-state index in [1.165, 1.54) is 24.3 Å². The smallest absolute Gasteiger partial charge is 0.314 e. The summed E-state index contributed by atoms with van der Waals surface area (Å²) in [5.41, 5.74) is -1.16. The number of aliphatic hydroxyl groups is 1. The van der Waals surface area contributed by atoms with Crippen molar-refractivity contribution in [3.05, 3.63) is 65.2 Å². The molecule has 0 aliphatic heterocycles. The standard InChI is InChI=1S/C17H15ClO5S/c18-12-6-8-13(9-7-12)24(22,23)15-14(11-4-2-1-3-5-11)17(15,10-19)16(20)21/h1-9,14-15,19H,10H2,(H,20,21)/t14-,15+,17+/m0/s1. The molecule has 1 fully saturated rings. The van der Waals surface area contributed by atoms with Crippen molar-refractivity contribution in [2.75, 3.05) is 6.61 Å². The van der Waals surface area contributed by atoms with E-state index in [9.17, 15) is 23.4 Å². The predicted octanol–water partition coefficient (Wildman–Crippen LogP) is 2.34. The average molecular weight is 367 g/mol. The first kappa shape index (κ1) is 17.0. The van der Waals surface area contributed by atoms with E-state index < -0.39 is 39.0 Å². The molecular weight excluding hydrogens is 352 g/mol. The summed E-state index contributed by atoms with van der Waals surface area (Å²) in [6.45, 7) is -0.751. The predicted molar refractivity (Wildman–Crippen MR) is 88.8 cm³/mol. The van der Waals surface area contributed by atoms with Gasteiger partial charge in [-0.05, 0) is 29.8 Å². The summed E-state index contributed by atoms with van der Waals surface area (Å²) >= 11 is 5.79. The Bertz CT molecular complexity index is 864. The normalized spacial score (nSPS) is 26.1. The molecule has 0 unspecified atom stereocenters. The first-order chi connectivity index (χ1) is 11.4. The average Bonchev–Trinajstić information content (AvgIpc) is 3.28. The summed E-state index contributed by atoms with van der Waals surface area (Å²) in [7, 11) is -3.94. The van der Waals surface area contributed by atoms with Crippen LogP contribution in [-0.2, 0) is 14.6 Å². The van der Waals surface area contributed by atoms with Crippen LogP contribution in [0, 0.1) is 5.41 Å². The van der Waals surface area contributed by atoms with Gasteiger partial charge in [-0.2, -0.15) is 0 Å². The Balaban J connectivity index is 2.11. The second-order valence-electron chi connectivity index (χ2n) is 5.81. The van der Waals surface area contributed by atoms with Crippen molar-refractivity contribution >= 4 is 27.4 Å². The minimum absolute atomic E-state index is 0.00518. The van der Waals surface area contributed by atoms with Crippen molar-refractivity contribution < 1.29 is 23.4 Å². The molecule has 1 aliphatic rings. The number of carboxylic acid groups (broad SMARTS) is 1. The summed E-state index contributed by atoms with van der Waals surface area (Å²) in [5.74, 6) is -2.12. The second kappa shape index (κ2) is 5.88. The lowest BCUT2D eigenvalue weighted by Crippen LogP contribution is -2.27. The SMILES string of the molecule is O=C(O)[C@@]1(CO)[C@H](S(=O)(=O)c2ccc(Cl)cc2)[C@@H]1c1ccccc1. The fraction of sp³-hybridized carbons (Fsp3) is 0.235. The van der Waals surface area contributed by atoms with E-state index in [1.807, 2.05) is 0 Å². The van der Waals surface area contributed by atoms with Gasteiger partial charge in [0.1, 0.15) is 5.41 Å². The highest BCUT2D eigenvalue weighted by Gasteiger charge is 2.75. The highest BCUT2D eigenvalue weighted by atomic mass is 35.5. The molecule has 0 amide bonds. The number of carbonyl (C=O) groups is 1. The van der Waals surface area contributed by atoms with Gasteiger partial charge >= 0.3 is 5.97 Å². The lowest BCUT2D eigenvalue weighted by molar-refractivity contribution is -0.145. The third kappa shape index (κ3) is 2.42. The molecule has 2 N–H and O–H groups in total. The quantitative estimate of drug-likeness (QED) is 0.847. The maximum Gasteiger partial charge on any atom is 0.314 e. The zero-order valence-corrected chi connectivity index (χ0v) is 14.0. The number of aliphatic carboxylic acids is 1. The molecular formula is C17H15ClO5S. The van der Waals surface area contributed by atoms with E-state index in [-0.39, 0.29) is 4.90 Å². The first-order valence-electron chi connectivity index (χ1n) is 7.24. The summed E-state index contributed by atoms with van der Waals surface area (Å²) in [6.07, 6.45) is 0. The van der Waals surface area contributed by atoms with Crippen LogP contribution >= 0.6 is 11.6 Å². The third-order valence-corrected chi connectivity index (χ3v) is 7.09. The molecule has 2 aromatic rings. The van der Waals surface area contributed by atoms with Gasteiger partial charge in [0.2, 0.25) is 0 Å². The van der Waals surface area contributed by atoms with Crippen LogP contribution in [0.25, 0.3) is 0 Å². The van der Waals surface area contributed by atoms with E-state index in [4.69, 9.17) is 11.6 Å². The van der Waals surface area contributed by atoms with Crippen LogP contribution in [0.2, 0.25) is 5.02 Å². The number of carboxylic acids is 1. The molecule has 0 aromatic heterocycles. The molecule has 2 aromatic carbocycles. The molecule has 126 valence electrons. The van der Waals surface area contributed by atoms with Crippen LogP contribution in [0.1, 0.15) is 11.5 Å². The number of rotatable bonds is 5. The van der Waals surface area contributed by atoms with Crippen LogP contribution in [0.3, 0.4) is 0 Å². The number of halogens is 1. The van der Waals surface area contributed by atoms with E-state index in [1.54, 1.807) is 30.3 Å². The Morgan fingerprint density at radius 2 is 1.67 bits per heavy atom. The molecule has 0 bridgehead atoms. The van der Waals surface area contributed by atoms with Gasteiger partial charge in [-0.15, -0.1) is 0 Å². The fourth-order valence-corrected chi connectivity index (χ4v) is 5.76. The summed E-state index contributed by atoms with van der Waals surface area (Å²) < 4.78 is 25.9. The Morgan fingerprint density at radius 1 is 1.08 bits per heavy atom. The van der Waals surface area contributed by atoms with Crippen LogP contribution in [0.15, 0.2) is 59.5 Å². The first-order valence-corrected chi connectivity index (χ1v) is 9.17. The molecule has 5 nitrogen and oxygen atoms in total. The topological polar surface area (TPSA) is 91.7 Å². The van der Waals surface area contributed by atoms with E-state index in [2.05, 4.69) is 0 Å². The van der Waals surface area contributed by atoms with Crippen molar-refractivity contribution in [3.8, 4) is 0 Å². The highest BCUT2D eigenvalue weighted by Crippen LogP contribution is 2.64. The van der Waals surface area contributed by atoms with Crippen LogP contribution in [0.5, 0.6) is 0 Å². The molecule has 0 spiro atoms. The lowest BCUT2D eigenvalue weighted by Gasteiger charge is -2.09. The van der Waals surface area contributed by atoms with Gasteiger partial charge in [0.15, 0.2) is 9.84 Å². The van der Waals surface area contributed by atoms with Crippen LogP contribution in [0.4, 0.5) is 0 Å². The van der Waals surface area contributed by atoms with Crippen LogP contribution < -0.4 is 0 Å².